The van der Waals surface area contributed by atoms with E-state index in [0.717, 1.165) is 5.56 Å². The summed E-state index contributed by atoms with van der Waals surface area (Å²) in [6.45, 7) is 0. The van der Waals surface area contributed by atoms with E-state index in [1.807, 2.05) is 24.4 Å². The smallest absolute Gasteiger partial charge is 0.0598 e. The predicted octanol–water partition coefficient (Wildman–Crippen LogP) is 4.75. The van der Waals surface area contributed by atoms with Gasteiger partial charge in [0.25, 0.3) is 0 Å². The van der Waals surface area contributed by atoms with Crippen LogP contribution in [0.4, 0.5) is 0 Å². The predicted molar refractivity (Wildman–Crippen MR) is 70.9 cm³/mol. The number of halogens is 2. The summed E-state index contributed by atoms with van der Waals surface area (Å²) in [4.78, 5) is 4.60. The van der Waals surface area contributed by atoms with Crippen LogP contribution >= 0.6 is 23.2 Å². The molecule has 0 N–H and O–H groups in total. The van der Waals surface area contributed by atoms with Crippen LogP contribution in [-0.4, -0.2) is 12.3 Å². The monoisotopic (exact) mass is 255 g/mol. The van der Waals surface area contributed by atoms with Crippen molar-refractivity contribution in [3.05, 3.63) is 33.8 Å². The Morgan fingerprint density at radius 1 is 1.06 bits per heavy atom. The standard InChI is InChI=1S/C13H15Cl2N/c14-12-7-6-10(8-13(12)15)9-16-11-4-2-1-3-5-11/h6-9,11H,1-5H2. The SMILES string of the molecule is Clc1ccc(C=NC2CCCCC2)cc1Cl. The van der Waals surface area contributed by atoms with E-state index in [0.29, 0.717) is 16.1 Å². The van der Waals surface area contributed by atoms with Crippen molar-refractivity contribution in [1.82, 2.24) is 0 Å². The summed E-state index contributed by atoms with van der Waals surface area (Å²) in [6.07, 6.45) is 8.33. The van der Waals surface area contributed by atoms with Crippen LogP contribution < -0.4 is 0 Å². The third-order valence-corrected chi connectivity index (χ3v) is 3.69. The van der Waals surface area contributed by atoms with Crippen molar-refractivity contribution in [3.8, 4) is 0 Å². The van der Waals surface area contributed by atoms with E-state index in [4.69, 9.17) is 23.2 Å². The van der Waals surface area contributed by atoms with Crippen molar-refractivity contribution in [1.29, 1.82) is 0 Å². The highest BCUT2D eigenvalue weighted by Crippen LogP contribution is 2.23. The van der Waals surface area contributed by atoms with Crippen molar-refractivity contribution in [3.63, 3.8) is 0 Å². The molecule has 1 aliphatic carbocycles. The second-order valence-electron chi connectivity index (χ2n) is 4.24. The molecule has 1 nitrogen and oxygen atoms in total. The molecule has 0 saturated heterocycles. The van der Waals surface area contributed by atoms with E-state index in [1.165, 1.54) is 32.1 Å². The molecule has 1 aliphatic rings. The Morgan fingerprint density at radius 3 is 2.50 bits per heavy atom. The molecule has 1 aromatic carbocycles. The van der Waals surface area contributed by atoms with Crippen LogP contribution in [0.2, 0.25) is 10.0 Å². The zero-order valence-electron chi connectivity index (χ0n) is 9.13. The molecule has 0 heterocycles. The minimum Gasteiger partial charge on any atom is -0.289 e. The van der Waals surface area contributed by atoms with Crippen LogP contribution in [0.5, 0.6) is 0 Å². The minimum atomic E-state index is 0.503. The van der Waals surface area contributed by atoms with Gasteiger partial charge in [-0.2, -0.15) is 0 Å². The number of rotatable bonds is 2. The van der Waals surface area contributed by atoms with Gasteiger partial charge < -0.3 is 0 Å². The molecule has 0 atom stereocenters. The molecule has 0 spiro atoms. The lowest BCUT2D eigenvalue weighted by Gasteiger charge is -2.17. The van der Waals surface area contributed by atoms with Gasteiger partial charge in [0.1, 0.15) is 0 Å². The zero-order valence-corrected chi connectivity index (χ0v) is 10.6. The molecular formula is C13H15Cl2N. The molecule has 16 heavy (non-hydrogen) atoms. The Kier molecular flexibility index (Phi) is 4.25. The van der Waals surface area contributed by atoms with Gasteiger partial charge in [0.05, 0.1) is 10.0 Å². The topological polar surface area (TPSA) is 12.4 Å². The van der Waals surface area contributed by atoms with Crippen LogP contribution in [0.1, 0.15) is 37.7 Å². The molecule has 0 aromatic heterocycles. The molecular weight excluding hydrogens is 241 g/mol. The van der Waals surface area contributed by atoms with Crippen LogP contribution in [0, 0.1) is 0 Å². The lowest BCUT2D eigenvalue weighted by Crippen LogP contribution is -2.09. The molecule has 1 saturated carbocycles. The van der Waals surface area contributed by atoms with Crippen LogP contribution in [0.15, 0.2) is 23.2 Å². The first-order valence-electron chi connectivity index (χ1n) is 5.74. The maximum atomic E-state index is 5.94. The highest BCUT2D eigenvalue weighted by molar-refractivity contribution is 6.42. The van der Waals surface area contributed by atoms with Crippen molar-refractivity contribution in [2.45, 2.75) is 38.1 Å². The van der Waals surface area contributed by atoms with E-state index in [9.17, 15) is 0 Å². The summed E-state index contributed by atoms with van der Waals surface area (Å²) in [6, 6.07) is 6.12. The van der Waals surface area contributed by atoms with Crippen molar-refractivity contribution in [2.24, 2.45) is 4.99 Å². The van der Waals surface area contributed by atoms with Crippen LogP contribution in [0.3, 0.4) is 0 Å². The Morgan fingerprint density at radius 2 is 1.81 bits per heavy atom. The summed E-state index contributed by atoms with van der Waals surface area (Å²) in [5.41, 5.74) is 1.03. The lowest BCUT2D eigenvalue weighted by molar-refractivity contribution is 0.444. The number of hydrogen-bond acceptors (Lipinski definition) is 1. The van der Waals surface area contributed by atoms with Crippen LogP contribution in [-0.2, 0) is 0 Å². The van der Waals surface area contributed by atoms with E-state index in [-0.39, 0.29) is 0 Å². The first-order valence-corrected chi connectivity index (χ1v) is 6.49. The summed E-state index contributed by atoms with van der Waals surface area (Å²) < 4.78 is 0. The van der Waals surface area contributed by atoms with Gasteiger partial charge in [-0.05, 0) is 30.5 Å². The van der Waals surface area contributed by atoms with Gasteiger partial charge in [-0.25, -0.2) is 0 Å². The van der Waals surface area contributed by atoms with Crippen molar-refractivity contribution >= 4 is 29.4 Å². The van der Waals surface area contributed by atoms with Gasteiger partial charge in [0.2, 0.25) is 0 Å². The maximum Gasteiger partial charge on any atom is 0.0598 e. The van der Waals surface area contributed by atoms with E-state index < -0.39 is 0 Å². The Bertz CT molecular complexity index is 382. The van der Waals surface area contributed by atoms with Gasteiger partial charge in [-0.3, -0.25) is 4.99 Å². The van der Waals surface area contributed by atoms with E-state index in [1.54, 1.807) is 0 Å². The Balaban J connectivity index is 2.02. The quantitative estimate of drug-likeness (QED) is 0.677. The summed E-state index contributed by atoms with van der Waals surface area (Å²) in [5, 5.41) is 1.19. The fourth-order valence-corrected chi connectivity index (χ4v) is 2.32. The highest BCUT2D eigenvalue weighted by atomic mass is 35.5. The molecule has 1 aromatic rings. The first kappa shape index (κ1) is 11.9. The van der Waals surface area contributed by atoms with Gasteiger partial charge in [-0.1, -0.05) is 48.5 Å². The summed E-state index contributed by atoms with van der Waals surface area (Å²) in [5.74, 6) is 0. The maximum absolute atomic E-state index is 5.94. The summed E-state index contributed by atoms with van der Waals surface area (Å²) >= 11 is 11.8. The molecule has 1 fully saturated rings. The summed E-state index contributed by atoms with van der Waals surface area (Å²) in [7, 11) is 0. The van der Waals surface area contributed by atoms with Gasteiger partial charge in [-0.15, -0.1) is 0 Å². The molecule has 0 aliphatic heterocycles. The van der Waals surface area contributed by atoms with Crippen molar-refractivity contribution < 1.29 is 0 Å². The number of nitrogens with zero attached hydrogens (tertiary/aromatic N) is 1. The fraction of sp³-hybridized carbons (Fsp3) is 0.462. The molecule has 0 bridgehead atoms. The molecule has 3 heteroatoms. The molecule has 86 valence electrons. The third kappa shape index (κ3) is 3.23. The molecule has 2 rings (SSSR count). The average molecular weight is 256 g/mol. The van der Waals surface area contributed by atoms with Gasteiger partial charge in [0.15, 0.2) is 0 Å². The van der Waals surface area contributed by atoms with E-state index in [2.05, 4.69) is 4.99 Å². The lowest BCUT2D eigenvalue weighted by atomic mass is 9.96. The fourth-order valence-electron chi connectivity index (χ4n) is 2.01. The largest absolute Gasteiger partial charge is 0.289 e. The van der Waals surface area contributed by atoms with Crippen molar-refractivity contribution in [2.75, 3.05) is 0 Å². The van der Waals surface area contributed by atoms with Gasteiger partial charge >= 0.3 is 0 Å². The second kappa shape index (κ2) is 5.70. The number of benzene rings is 1. The minimum absolute atomic E-state index is 0.503. The zero-order chi connectivity index (χ0) is 11.4. The molecule has 0 unspecified atom stereocenters. The number of hydrogen-bond donors (Lipinski definition) is 0. The van der Waals surface area contributed by atoms with Gasteiger partial charge in [0, 0.05) is 12.3 Å². The average Bonchev–Trinajstić information content (AvgIpc) is 2.32. The highest BCUT2D eigenvalue weighted by Gasteiger charge is 2.10. The van der Waals surface area contributed by atoms with E-state index >= 15 is 0 Å². The third-order valence-electron chi connectivity index (χ3n) is 2.95. The second-order valence-corrected chi connectivity index (χ2v) is 5.06. The normalized spacial score (nSPS) is 18.1. The van der Waals surface area contributed by atoms with Crippen LogP contribution in [0.25, 0.3) is 0 Å². The molecule has 0 radical (unpaired) electrons. The Labute approximate surface area is 106 Å². The number of aliphatic imine (C=N–C) groups is 1. The Hall–Kier alpha value is -0.530. The molecule has 0 amide bonds. The first-order chi connectivity index (χ1) is 7.75.